The van der Waals surface area contributed by atoms with Gasteiger partial charge in [0.2, 0.25) is 0 Å². The fraction of sp³-hybridized carbons (Fsp3) is 0.316. The number of hydrogen-bond acceptors (Lipinski definition) is 3. The lowest BCUT2D eigenvalue weighted by molar-refractivity contribution is 0.0951. The van der Waals surface area contributed by atoms with E-state index in [0.717, 1.165) is 0 Å². The number of hydrogen-bond donors (Lipinski definition) is 2. The van der Waals surface area contributed by atoms with Crippen LogP contribution in [-0.2, 0) is 0 Å². The lowest BCUT2D eigenvalue weighted by atomic mass is 10.0. The fourth-order valence-electron chi connectivity index (χ4n) is 2.22. The Labute approximate surface area is 142 Å². The summed E-state index contributed by atoms with van der Waals surface area (Å²) in [6.45, 7) is 5.26. The van der Waals surface area contributed by atoms with E-state index >= 15 is 0 Å². The summed E-state index contributed by atoms with van der Waals surface area (Å²) in [7, 11) is 0. The monoisotopic (exact) mass is 325 g/mol. The highest BCUT2D eigenvalue weighted by atomic mass is 16.2. The molecule has 126 valence electrons. The number of rotatable bonds is 7. The van der Waals surface area contributed by atoms with Crippen LogP contribution >= 0.6 is 0 Å². The van der Waals surface area contributed by atoms with Crippen LogP contribution < -0.4 is 10.6 Å². The van der Waals surface area contributed by atoms with Crippen LogP contribution in [0, 0.1) is 0 Å². The van der Waals surface area contributed by atoms with Crippen LogP contribution in [0.15, 0.2) is 48.8 Å². The lowest BCUT2D eigenvalue weighted by Crippen LogP contribution is -2.29. The molecule has 2 amide bonds. The molecule has 5 nitrogen and oxygen atoms in total. The molecule has 0 unspecified atom stereocenters. The van der Waals surface area contributed by atoms with E-state index < -0.39 is 0 Å². The molecule has 0 saturated heterocycles. The molecule has 5 heteroatoms. The molecule has 0 bridgehead atoms. The molecule has 2 aromatic rings. The summed E-state index contributed by atoms with van der Waals surface area (Å²) in [5.41, 5.74) is 2.45. The number of carbonyl (C=O) groups excluding carboxylic acids is 2. The number of nitrogens with one attached hydrogen (secondary N) is 2. The number of carbonyl (C=O) groups is 2. The molecule has 1 aromatic carbocycles. The van der Waals surface area contributed by atoms with Gasteiger partial charge < -0.3 is 10.6 Å². The highest BCUT2D eigenvalue weighted by Gasteiger charge is 2.07. The maximum Gasteiger partial charge on any atom is 0.251 e. The summed E-state index contributed by atoms with van der Waals surface area (Å²) in [5, 5.41) is 5.68. The first-order valence-corrected chi connectivity index (χ1v) is 8.14. The Morgan fingerprint density at radius 3 is 1.88 bits per heavy atom. The molecule has 1 aromatic heterocycles. The first-order valence-electron chi connectivity index (χ1n) is 8.14. The average molecular weight is 325 g/mol. The van der Waals surface area contributed by atoms with Crippen molar-refractivity contribution in [3.8, 4) is 0 Å². The third-order valence-corrected chi connectivity index (χ3v) is 3.71. The van der Waals surface area contributed by atoms with Crippen LogP contribution in [0.4, 0.5) is 0 Å². The van der Waals surface area contributed by atoms with E-state index in [9.17, 15) is 9.59 Å². The van der Waals surface area contributed by atoms with E-state index in [1.54, 1.807) is 24.5 Å². The van der Waals surface area contributed by atoms with Crippen molar-refractivity contribution in [3.63, 3.8) is 0 Å². The minimum atomic E-state index is -0.131. The third kappa shape index (κ3) is 5.19. The van der Waals surface area contributed by atoms with Crippen LogP contribution in [-0.4, -0.2) is 29.9 Å². The third-order valence-electron chi connectivity index (χ3n) is 3.71. The molecular formula is C19H23N3O2. The van der Waals surface area contributed by atoms with Crippen molar-refractivity contribution >= 4 is 11.8 Å². The highest BCUT2D eigenvalue weighted by molar-refractivity contribution is 5.94. The zero-order valence-electron chi connectivity index (χ0n) is 14.1. The smallest absolute Gasteiger partial charge is 0.251 e. The summed E-state index contributed by atoms with van der Waals surface area (Å²) in [6, 6.07) is 11.0. The average Bonchev–Trinajstić information content (AvgIpc) is 2.62. The molecule has 0 aliphatic heterocycles. The summed E-state index contributed by atoms with van der Waals surface area (Å²) in [5.74, 6) is 0.227. The van der Waals surface area contributed by atoms with Crippen molar-refractivity contribution in [2.45, 2.75) is 26.2 Å². The Morgan fingerprint density at radius 2 is 1.38 bits per heavy atom. The number of pyridine rings is 1. The molecule has 0 atom stereocenters. The van der Waals surface area contributed by atoms with Crippen LogP contribution in [0.1, 0.15) is 52.5 Å². The predicted molar refractivity (Wildman–Crippen MR) is 94.1 cm³/mol. The van der Waals surface area contributed by atoms with Crippen molar-refractivity contribution in [3.05, 3.63) is 65.5 Å². The van der Waals surface area contributed by atoms with Crippen molar-refractivity contribution in [1.29, 1.82) is 0 Å². The highest BCUT2D eigenvalue weighted by Crippen LogP contribution is 2.14. The maximum absolute atomic E-state index is 12.0. The molecule has 24 heavy (non-hydrogen) atoms. The van der Waals surface area contributed by atoms with Crippen molar-refractivity contribution in [1.82, 2.24) is 15.6 Å². The number of benzene rings is 1. The molecular weight excluding hydrogens is 302 g/mol. The summed E-state index contributed by atoms with van der Waals surface area (Å²) in [6.07, 6.45) is 3.84. The van der Waals surface area contributed by atoms with Gasteiger partial charge in [-0.2, -0.15) is 0 Å². The van der Waals surface area contributed by atoms with Crippen molar-refractivity contribution < 1.29 is 9.59 Å². The van der Waals surface area contributed by atoms with E-state index in [0.29, 0.717) is 36.6 Å². The Kier molecular flexibility index (Phi) is 6.49. The van der Waals surface area contributed by atoms with Gasteiger partial charge in [0.1, 0.15) is 0 Å². The van der Waals surface area contributed by atoms with Crippen molar-refractivity contribution in [2.24, 2.45) is 0 Å². The molecule has 0 radical (unpaired) electrons. The van der Waals surface area contributed by atoms with Gasteiger partial charge in [0.05, 0.1) is 0 Å². The largest absolute Gasteiger partial charge is 0.352 e. The van der Waals surface area contributed by atoms with Gasteiger partial charge in [-0.15, -0.1) is 0 Å². The zero-order chi connectivity index (χ0) is 17.4. The number of amides is 2. The van der Waals surface area contributed by atoms with Gasteiger partial charge in [0.15, 0.2) is 0 Å². The van der Waals surface area contributed by atoms with Gasteiger partial charge >= 0.3 is 0 Å². The van der Waals surface area contributed by atoms with Crippen LogP contribution in [0.2, 0.25) is 0 Å². The first-order chi connectivity index (χ1) is 11.6. The summed E-state index contributed by atoms with van der Waals surface area (Å²) >= 11 is 0. The number of aromatic nitrogens is 1. The van der Waals surface area contributed by atoms with E-state index in [-0.39, 0.29) is 11.8 Å². The van der Waals surface area contributed by atoms with E-state index in [1.807, 2.05) is 24.3 Å². The SMILES string of the molecule is CC(C)c1ccc(C(=O)NCCCNC(=O)c2ccncc2)cc1. The van der Waals surface area contributed by atoms with E-state index in [2.05, 4.69) is 29.5 Å². The molecule has 0 saturated carbocycles. The first kappa shape index (κ1) is 17.7. The summed E-state index contributed by atoms with van der Waals surface area (Å²) in [4.78, 5) is 27.7. The molecule has 2 rings (SSSR count). The molecule has 0 aliphatic rings. The van der Waals surface area contributed by atoms with E-state index in [1.165, 1.54) is 5.56 Å². The lowest BCUT2D eigenvalue weighted by Gasteiger charge is -2.08. The van der Waals surface area contributed by atoms with Gasteiger partial charge in [-0.1, -0.05) is 26.0 Å². The van der Waals surface area contributed by atoms with Gasteiger partial charge in [-0.05, 0) is 42.2 Å². The van der Waals surface area contributed by atoms with Crippen LogP contribution in [0.5, 0.6) is 0 Å². The molecule has 0 spiro atoms. The second kappa shape index (κ2) is 8.82. The van der Waals surface area contributed by atoms with E-state index in [4.69, 9.17) is 0 Å². The Bertz CT molecular complexity index is 667. The zero-order valence-corrected chi connectivity index (χ0v) is 14.1. The molecule has 0 fully saturated rings. The topological polar surface area (TPSA) is 71.1 Å². The number of nitrogens with zero attached hydrogens (tertiary/aromatic N) is 1. The molecule has 2 N–H and O–H groups in total. The Balaban J connectivity index is 1.68. The van der Waals surface area contributed by atoms with Crippen molar-refractivity contribution in [2.75, 3.05) is 13.1 Å². The standard InChI is InChI=1S/C19H23N3O2/c1-14(2)15-4-6-16(7-5-15)18(23)21-10-3-11-22-19(24)17-8-12-20-13-9-17/h4-9,12-14H,3,10-11H2,1-2H3,(H,21,23)(H,22,24). The van der Waals surface area contributed by atoms with Crippen LogP contribution in [0.25, 0.3) is 0 Å². The van der Waals surface area contributed by atoms with Gasteiger partial charge in [0, 0.05) is 36.6 Å². The van der Waals surface area contributed by atoms with Gasteiger partial charge in [-0.25, -0.2) is 0 Å². The molecule has 1 heterocycles. The van der Waals surface area contributed by atoms with Gasteiger partial charge in [0.25, 0.3) is 11.8 Å². The Morgan fingerprint density at radius 1 is 0.875 bits per heavy atom. The fourth-order valence-corrected chi connectivity index (χ4v) is 2.22. The second-order valence-electron chi connectivity index (χ2n) is 5.88. The van der Waals surface area contributed by atoms with Gasteiger partial charge in [-0.3, -0.25) is 14.6 Å². The summed E-state index contributed by atoms with van der Waals surface area (Å²) < 4.78 is 0. The maximum atomic E-state index is 12.0. The van der Waals surface area contributed by atoms with Crippen LogP contribution in [0.3, 0.4) is 0 Å². The minimum Gasteiger partial charge on any atom is -0.352 e. The second-order valence-corrected chi connectivity index (χ2v) is 5.88. The predicted octanol–water partition coefficient (Wildman–Crippen LogP) is 2.75. The molecule has 0 aliphatic carbocycles. The quantitative estimate of drug-likeness (QED) is 0.769. The minimum absolute atomic E-state index is 0.0919. The normalized spacial score (nSPS) is 10.5. The Hall–Kier alpha value is -2.69.